The van der Waals surface area contributed by atoms with Gasteiger partial charge in [-0.25, -0.2) is 4.79 Å². The van der Waals surface area contributed by atoms with Crippen molar-refractivity contribution in [2.75, 3.05) is 6.61 Å². The Labute approximate surface area is 222 Å². The average Bonchev–Trinajstić information content (AvgIpc) is 2.93. The van der Waals surface area contributed by atoms with Gasteiger partial charge in [-0.2, -0.15) is 0 Å². The Morgan fingerprint density at radius 2 is 1.68 bits per heavy atom. The van der Waals surface area contributed by atoms with Crippen molar-refractivity contribution in [3.63, 3.8) is 0 Å². The number of benzene rings is 3. The van der Waals surface area contributed by atoms with Crippen LogP contribution in [0.25, 0.3) is 0 Å². The van der Waals surface area contributed by atoms with Gasteiger partial charge in [0.05, 0.1) is 12.2 Å². The molecule has 2 aliphatic rings. The van der Waals surface area contributed by atoms with E-state index >= 15 is 0 Å². The molecule has 2 atom stereocenters. The highest BCUT2D eigenvalue weighted by molar-refractivity contribution is 6.04. The summed E-state index contributed by atoms with van der Waals surface area (Å²) in [6, 6.07) is 24.5. The molecular weight excluding hydrogens is 478 g/mol. The van der Waals surface area contributed by atoms with E-state index in [2.05, 4.69) is 5.32 Å². The van der Waals surface area contributed by atoms with Crippen LogP contribution in [0, 0.1) is 0 Å². The van der Waals surface area contributed by atoms with Gasteiger partial charge in [-0.05, 0) is 55.0 Å². The molecule has 0 fully saturated rings. The molecular formula is C32H31NO5. The second kappa shape index (κ2) is 11.0. The molecule has 1 aliphatic carbocycles. The largest absolute Gasteiger partial charge is 0.504 e. The maximum absolute atomic E-state index is 13.8. The second-order valence-corrected chi connectivity index (χ2v) is 9.65. The van der Waals surface area contributed by atoms with Gasteiger partial charge in [0.15, 0.2) is 17.3 Å². The molecule has 0 aromatic heterocycles. The summed E-state index contributed by atoms with van der Waals surface area (Å²) in [6.45, 7) is 4.17. The van der Waals surface area contributed by atoms with E-state index in [1.807, 2.05) is 74.5 Å². The third-order valence-corrected chi connectivity index (χ3v) is 7.15. The highest BCUT2D eigenvalue weighted by Gasteiger charge is 2.41. The van der Waals surface area contributed by atoms with Gasteiger partial charge >= 0.3 is 5.97 Å². The van der Waals surface area contributed by atoms with Crippen LogP contribution in [-0.4, -0.2) is 23.5 Å². The maximum Gasteiger partial charge on any atom is 0.337 e. The van der Waals surface area contributed by atoms with Crippen molar-refractivity contribution in [1.82, 2.24) is 5.32 Å². The number of carbonyl (C=O) groups excluding carboxylic acids is 2. The van der Waals surface area contributed by atoms with Crippen LogP contribution in [0.1, 0.15) is 55.2 Å². The predicted molar refractivity (Wildman–Crippen MR) is 145 cm³/mol. The first-order valence-corrected chi connectivity index (χ1v) is 12.9. The number of dihydropyridines is 1. The molecule has 0 radical (unpaired) electrons. The number of carbonyl (C=O) groups is 2. The number of esters is 1. The highest BCUT2D eigenvalue weighted by atomic mass is 16.5. The standard InChI is InChI=1S/C32H31NO5/c1-3-37-28-18-23(14-15-26(28)34)30-29(32(36)38-19-21-10-6-4-7-11-21)20(2)33-25-16-24(17-27(35)31(25)30)22-12-8-5-9-13-22/h4-15,18,24,30,33-34H,3,16-17,19H2,1-2H3. The van der Waals surface area contributed by atoms with Crippen molar-refractivity contribution in [3.8, 4) is 11.5 Å². The Hall–Kier alpha value is -4.32. The third-order valence-electron chi connectivity index (χ3n) is 7.15. The van der Waals surface area contributed by atoms with Crippen LogP contribution >= 0.6 is 0 Å². The lowest BCUT2D eigenvalue weighted by Crippen LogP contribution is -2.36. The van der Waals surface area contributed by atoms with Crippen LogP contribution in [-0.2, 0) is 20.9 Å². The zero-order valence-electron chi connectivity index (χ0n) is 21.6. The fourth-order valence-corrected chi connectivity index (χ4v) is 5.39. The fourth-order valence-electron chi connectivity index (χ4n) is 5.39. The monoisotopic (exact) mass is 509 g/mol. The first-order valence-electron chi connectivity index (χ1n) is 12.9. The van der Waals surface area contributed by atoms with E-state index in [4.69, 9.17) is 9.47 Å². The molecule has 0 saturated carbocycles. The van der Waals surface area contributed by atoms with Gasteiger partial charge in [0.2, 0.25) is 0 Å². The van der Waals surface area contributed by atoms with Gasteiger partial charge in [0.1, 0.15) is 6.61 Å². The van der Waals surface area contributed by atoms with Crippen molar-refractivity contribution in [1.29, 1.82) is 0 Å². The van der Waals surface area contributed by atoms with Crippen LogP contribution in [0.2, 0.25) is 0 Å². The summed E-state index contributed by atoms with van der Waals surface area (Å²) in [5, 5.41) is 13.7. The molecule has 5 rings (SSSR count). The van der Waals surface area contributed by atoms with E-state index in [1.165, 1.54) is 0 Å². The van der Waals surface area contributed by atoms with Crippen LogP contribution in [0.15, 0.2) is 101 Å². The normalized spacial score (nSPS) is 19.1. The van der Waals surface area contributed by atoms with E-state index < -0.39 is 11.9 Å². The number of hydrogen-bond donors (Lipinski definition) is 2. The number of Topliss-reactive ketones (excluding diaryl/α,β-unsaturated/α-hetero) is 1. The Balaban J connectivity index is 1.55. The topological polar surface area (TPSA) is 84.9 Å². The summed E-state index contributed by atoms with van der Waals surface area (Å²) in [5.74, 6) is -0.770. The second-order valence-electron chi connectivity index (χ2n) is 9.65. The number of phenolic OH excluding ortho intramolecular Hbond substituents is 1. The van der Waals surface area contributed by atoms with E-state index in [9.17, 15) is 14.7 Å². The molecule has 3 aromatic rings. The summed E-state index contributed by atoms with van der Waals surface area (Å²) < 4.78 is 11.4. The summed E-state index contributed by atoms with van der Waals surface area (Å²) >= 11 is 0. The summed E-state index contributed by atoms with van der Waals surface area (Å²) in [5.41, 5.74) is 5.12. The van der Waals surface area contributed by atoms with Crippen molar-refractivity contribution in [2.45, 2.75) is 45.1 Å². The number of aromatic hydroxyl groups is 1. The molecule has 0 bridgehead atoms. The summed E-state index contributed by atoms with van der Waals surface area (Å²) in [7, 11) is 0. The van der Waals surface area contributed by atoms with Crippen LogP contribution in [0.4, 0.5) is 0 Å². The SMILES string of the molecule is CCOc1cc(C2C(C(=O)OCc3ccccc3)=C(C)NC3=C2C(=O)CC(c2ccccc2)C3)ccc1O. The van der Waals surface area contributed by atoms with Crippen LogP contribution in [0.3, 0.4) is 0 Å². The molecule has 2 unspecified atom stereocenters. The van der Waals surface area contributed by atoms with Gasteiger partial charge in [-0.15, -0.1) is 0 Å². The Morgan fingerprint density at radius 3 is 2.39 bits per heavy atom. The van der Waals surface area contributed by atoms with Crippen molar-refractivity contribution in [2.24, 2.45) is 0 Å². The van der Waals surface area contributed by atoms with E-state index in [1.54, 1.807) is 18.2 Å². The van der Waals surface area contributed by atoms with Crippen molar-refractivity contribution >= 4 is 11.8 Å². The number of ketones is 1. The molecule has 0 amide bonds. The molecule has 2 N–H and O–H groups in total. The Kier molecular flexibility index (Phi) is 7.31. The minimum absolute atomic E-state index is 0.00626. The highest BCUT2D eigenvalue weighted by Crippen LogP contribution is 2.47. The van der Waals surface area contributed by atoms with Crippen molar-refractivity contribution in [3.05, 3.63) is 118 Å². The lowest BCUT2D eigenvalue weighted by atomic mass is 9.71. The molecule has 1 heterocycles. The smallest absolute Gasteiger partial charge is 0.337 e. The number of ether oxygens (including phenoxy) is 2. The number of hydrogen-bond acceptors (Lipinski definition) is 6. The lowest BCUT2D eigenvalue weighted by molar-refractivity contribution is -0.140. The number of rotatable bonds is 7. The number of phenols is 1. The zero-order valence-corrected chi connectivity index (χ0v) is 21.6. The van der Waals surface area contributed by atoms with E-state index in [-0.39, 0.29) is 24.1 Å². The minimum atomic E-state index is -0.640. The average molecular weight is 510 g/mol. The van der Waals surface area contributed by atoms with Crippen LogP contribution < -0.4 is 10.1 Å². The molecule has 0 saturated heterocycles. The molecule has 6 nitrogen and oxygen atoms in total. The predicted octanol–water partition coefficient (Wildman–Crippen LogP) is 5.90. The third kappa shape index (κ3) is 5.07. The molecule has 38 heavy (non-hydrogen) atoms. The fraction of sp³-hybridized carbons (Fsp3) is 0.250. The van der Waals surface area contributed by atoms with E-state index in [0.29, 0.717) is 47.6 Å². The van der Waals surface area contributed by atoms with E-state index in [0.717, 1.165) is 16.8 Å². The summed E-state index contributed by atoms with van der Waals surface area (Å²) in [4.78, 5) is 27.4. The first-order chi connectivity index (χ1) is 18.5. The Morgan fingerprint density at radius 1 is 0.974 bits per heavy atom. The van der Waals surface area contributed by atoms with Gasteiger partial charge < -0.3 is 19.9 Å². The molecule has 6 heteroatoms. The molecule has 194 valence electrons. The molecule has 1 aliphatic heterocycles. The Bertz CT molecular complexity index is 1410. The van der Waals surface area contributed by atoms with Gasteiger partial charge in [0, 0.05) is 29.3 Å². The minimum Gasteiger partial charge on any atom is -0.504 e. The molecule has 0 spiro atoms. The van der Waals surface area contributed by atoms with Gasteiger partial charge in [-0.1, -0.05) is 66.7 Å². The quantitative estimate of drug-likeness (QED) is 0.386. The maximum atomic E-state index is 13.8. The van der Waals surface area contributed by atoms with Gasteiger partial charge in [-0.3, -0.25) is 4.79 Å². The molecule has 3 aromatic carbocycles. The first kappa shape index (κ1) is 25.3. The van der Waals surface area contributed by atoms with Gasteiger partial charge in [0.25, 0.3) is 0 Å². The lowest BCUT2D eigenvalue weighted by Gasteiger charge is -2.36. The number of nitrogens with one attached hydrogen (secondary N) is 1. The summed E-state index contributed by atoms with van der Waals surface area (Å²) in [6.07, 6.45) is 1.00. The number of allylic oxidation sites excluding steroid dienone is 3. The van der Waals surface area contributed by atoms with Crippen LogP contribution in [0.5, 0.6) is 11.5 Å². The zero-order chi connectivity index (χ0) is 26.6. The van der Waals surface area contributed by atoms with Crippen molar-refractivity contribution < 1.29 is 24.2 Å².